The summed E-state index contributed by atoms with van der Waals surface area (Å²) in [6, 6.07) is 7.38. The van der Waals surface area contributed by atoms with Gasteiger partial charge in [0.25, 0.3) is 0 Å². The molecule has 0 unspecified atom stereocenters. The number of likely N-dealkylation sites (N-methyl/N-ethyl adjacent to an activating group) is 1. The number of anilines is 1. The summed E-state index contributed by atoms with van der Waals surface area (Å²) in [5.74, 6) is 0. The normalized spacial score (nSPS) is 14.8. The SMILES string of the molecule is CC(C)NCc1ccc2c(c1)CCN2C. The van der Waals surface area contributed by atoms with Crippen molar-refractivity contribution in [1.82, 2.24) is 5.32 Å². The molecule has 1 N–H and O–H groups in total. The zero-order valence-corrected chi connectivity index (χ0v) is 9.88. The van der Waals surface area contributed by atoms with E-state index in [4.69, 9.17) is 0 Å². The van der Waals surface area contributed by atoms with Crippen LogP contribution in [0.25, 0.3) is 0 Å². The van der Waals surface area contributed by atoms with Gasteiger partial charge in [0, 0.05) is 31.9 Å². The standard InChI is InChI=1S/C13H20N2/c1-10(2)14-9-11-4-5-13-12(8-11)6-7-15(13)3/h4-5,8,10,14H,6-7,9H2,1-3H3. The first-order valence-electron chi connectivity index (χ1n) is 5.73. The molecule has 0 spiro atoms. The Bertz CT molecular complexity index is 344. The predicted molar refractivity (Wildman–Crippen MR) is 65.4 cm³/mol. The molecular formula is C13H20N2. The minimum absolute atomic E-state index is 0.556. The van der Waals surface area contributed by atoms with Gasteiger partial charge in [-0.1, -0.05) is 26.0 Å². The molecule has 0 bridgehead atoms. The van der Waals surface area contributed by atoms with Crippen LogP contribution in [0.4, 0.5) is 5.69 Å². The Morgan fingerprint density at radius 1 is 1.40 bits per heavy atom. The van der Waals surface area contributed by atoms with E-state index in [1.54, 1.807) is 0 Å². The van der Waals surface area contributed by atoms with Crippen molar-refractivity contribution < 1.29 is 0 Å². The zero-order chi connectivity index (χ0) is 10.8. The maximum Gasteiger partial charge on any atom is 0.0397 e. The van der Waals surface area contributed by atoms with Crippen molar-refractivity contribution in [1.29, 1.82) is 0 Å². The van der Waals surface area contributed by atoms with Crippen molar-refractivity contribution in [3.8, 4) is 0 Å². The third-order valence-corrected chi connectivity index (χ3v) is 2.99. The highest BCUT2D eigenvalue weighted by atomic mass is 15.1. The predicted octanol–water partition coefficient (Wildman–Crippen LogP) is 2.18. The summed E-state index contributed by atoms with van der Waals surface area (Å²) < 4.78 is 0. The van der Waals surface area contributed by atoms with E-state index in [9.17, 15) is 0 Å². The highest BCUT2D eigenvalue weighted by Crippen LogP contribution is 2.27. The molecule has 0 aliphatic carbocycles. The molecule has 0 saturated heterocycles. The molecule has 0 amide bonds. The quantitative estimate of drug-likeness (QED) is 0.812. The third-order valence-electron chi connectivity index (χ3n) is 2.99. The minimum atomic E-state index is 0.556. The molecule has 1 aromatic rings. The smallest absolute Gasteiger partial charge is 0.0397 e. The summed E-state index contributed by atoms with van der Waals surface area (Å²) in [4.78, 5) is 2.33. The van der Waals surface area contributed by atoms with Crippen molar-refractivity contribution in [2.75, 3.05) is 18.5 Å². The van der Waals surface area contributed by atoms with Crippen LogP contribution in [0, 0.1) is 0 Å². The lowest BCUT2D eigenvalue weighted by Crippen LogP contribution is -2.21. The van der Waals surface area contributed by atoms with Gasteiger partial charge >= 0.3 is 0 Å². The van der Waals surface area contributed by atoms with E-state index in [1.807, 2.05) is 0 Å². The molecule has 2 heteroatoms. The van der Waals surface area contributed by atoms with Crippen LogP contribution in [0.15, 0.2) is 18.2 Å². The van der Waals surface area contributed by atoms with E-state index < -0.39 is 0 Å². The first-order valence-corrected chi connectivity index (χ1v) is 5.73. The maximum atomic E-state index is 3.45. The second kappa shape index (κ2) is 4.23. The summed E-state index contributed by atoms with van der Waals surface area (Å²) >= 11 is 0. The van der Waals surface area contributed by atoms with Crippen LogP contribution in [0.2, 0.25) is 0 Å². The number of hydrogen-bond donors (Lipinski definition) is 1. The fourth-order valence-electron chi connectivity index (χ4n) is 2.05. The van der Waals surface area contributed by atoms with Crippen LogP contribution in [-0.2, 0) is 13.0 Å². The summed E-state index contributed by atoms with van der Waals surface area (Å²) in [5, 5.41) is 3.45. The van der Waals surface area contributed by atoms with Crippen LogP contribution in [0.5, 0.6) is 0 Å². The Labute approximate surface area is 92.3 Å². The molecule has 0 saturated carbocycles. The van der Waals surface area contributed by atoms with Crippen LogP contribution >= 0.6 is 0 Å². The van der Waals surface area contributed by atoms with Gasteiger partial charge in [-0.15, -0.1) is 0 Å². The van der Waals surface area contributed by atoms with Gasteiger partial charge in [0.15, 0.2) is 0 Å². The molecule has 0 fully saturated rings. The monoisotopic (exact) mass is 204 g/mol. The maximum absolute atomic E-state index is 3.45. The van der Waals surface area contributed by atoms with Gasteiger partial charge in [-0.2, -0.15) is 0 Å². The number of rotatable bonds is 3. The van der Waals surface area contributed by atoms with Gasteiger partial charge in [0.2, 0.25) is 0 Å². The van der Waals surface area contributed by atoms with Crippen LogP contribution in [0.3, 0.4) is 0 Å². The van der Waals surface area contributed by atoms with Crippen molar-refractivity contribution in [2.45, 2.75) is 32.9 Å². The van der Waals surface area contributed by atoms with Crippen molar-refractivity contribution in [3.63, 3.8) is 0 Å². The molecule has 1 aliphatic heterocycles. The largest absolute Gasteiger partial charge is 0.374 e. The Morgan fingerprint density at radius 2 is 2.20 bits per heavy atom. The number of nitrogens with one attached hydrogen (secondary N) is 1. The number of nitrogens with zero attached hydrogens (tertiary/aromatic N) is 1. The third kappa shape index (κ3) is 2.32. The van der Waals surface area contributed by atoms with E-state index in [2.05, 4.69) is 49.3 Å². The van der Waals surface area contributed by atoms with E-state index in [1.165, 1.54) is 23.2 Å². The molecule has 15 heavy (non-hydrogen) atoms. The molecule has 1 heterocycles. The van der Waals surface area contributed by atoms with Gasteiger partial charge in [-0.3, -0.25) is 0 Å². The Hall–Kier alpha value is -1.02. The molecule has 1 aliphatic rings. The van der Waals surface area contributed by atoms with Crippen molar-refractivity contribution in [3.05, 3.63) is 29.3 Å². The second-order valence-electron chi connectivity index (χ2n) is 4.67. The Kier molecular flexibility index (Phi) is 2.96. The Morgan fingerprint density at radius 3 is 2.93 bits per heavy atom. The van der Waals surface area contributed by atoms with Gasteiger partial charge in [0.1, 0.15) is 0 Å². The van der Waals surface area contributed by atoms with Gasteiger partial charge < -0.3 is 10.2 Å². The van der Waals surface area contributed by atoms with E-state index in [-0.39, 0.29) is 0 Å². The molecular weight excluding hydrogens is 184 g/mol. The molecule has 0 aromatic heterocycles. The summed E-state index contributed by atoms with van der Waals surface area (Å²) in [5.41, 5.74) is 4.31. The second-order valence-corrected chi connectivity index (χ2v) is 4.67. The number of benzene rings is 1. The molecule has 1 aromatic carbocycles. The van der Waals surface area contributed by atoms with E-state index in [0.717, 1.165) is 13.1 Å². The zero-order valence-electron chi connectivity index (χ0n) is 9.88. The molecule has 82 valence electrons. The van der Waals surface area contributed by atoms with Crippen molar-refractivity contribution >= 4 is 5.69 Å². The average Bonchev–Trinajstić information content (AvgIpc) is 2.57. The lowest BCUT2D eigenvalue weighted by atomic mass is 10.1. The highest BCUT2D eigenvalue weighted by Gasteiger charge is 2.15. The van der Waals surface area contributed by atoms with Crippen molar-refractivity contribution in [2.24, 2.45) is 0 Å². The highest BCUT2D eigenvalue weighted by molar-refractivity contribution is 5.58. The lowest BCUT2D eigenvalue weighted by Gasteiger charge is -2.13. The number of fused-ring (bicyclic) bond motifs is 1. The first kappa shape index (κ1) is 10.5. The van der Waals surface area contributed by atoms with Gasteiger partial charge in [0.05, 0.1) is 0 Å². The van der Waals surface area contributed by atoms with E-state index in [0.29, 0.717) is 6.04 Å². The summed E-state index contributed by atoms with van der Waals surface area (Å²) in [7, 11) is 2.16. The van der Waals surface area contributed by atoms with Gasteiger partial charge in [-0.05, 0) is 23.6 Å². The Balaban J connectivity index is 2.09. The number of hydrogen-bond acceptors (Lipinski definition) is 2. The lowest BCUT2D eigenvalue weighted by molar-refractivity contribution is 0.588. The molecule has 0 radical (unpaired) electrons. The fourth-order valence-corrected chi connectivity index (χ4v) is 2.05. The fraction of sp³-hybridized carbons (Fsp3) is 0.538. The van der Waals surface area contributed by atoms with Crippen LogP contribution in [0.1, 0.15) is 25.0 Å². The van der Waals surface area contributed by atoms with Crippen LogP contribution in [-0.4, -0.2) is 19.6 Å². The molecule has 0 atom stereocenters. The van der Waals surface area contributed by atoms with E-state index >= 15 is 0 Å². The molecule has 2 rings (SSSR count). The topological polar surface area (TPSA) is 15.3 Å². The van der Waals surface area contributed by atoms with Gasteiger partial charge in [-0.25, -0.2) is 0 Å². The average molecular weight is 204 g/mol. The minimum Gasteiger partial charge on any atom is -0.374 e. The summed E-state index contributed by atoms with van der Waals surface area (Å²) in [6.07, 6.45) is 1.20. The summed E-state index contributed by atoms with van der Waals surface area (Å²) in [6.45, 7) is 6.51. The molecule has 2 nitrogen and oxygen atoms in total. The first-order chi connectivity index (χ1) is 7.16. The van der Waals surface area contributed by atoms with Crippen LogP contribution < -0.4 is 10.2 Å².